The number of fused-ring (bicyclic) bond motifs is 1. The quantitative estimate of drug-likeness (QED) is 0.566. The molecule has 1 nitrogen and oxygen atoms in total. The molecule has 0 radical (unpaired) electrons. The maximum absolute atomic E-state index is 4.88. The number of nitrogens with zero attached hydrogens (tertiary/aromatic N) is 1. The summed E-state index contributed by atoms with van der Waals surface area (Å²) in [6.07, 6.45) is 0. The van der Waals surface area contributed by atoms with Gasteiger partial charge in [-0.2, -0.15) is 0 Å². The van der Waals surface area contributed by atoms with Crippen molar-refractivity contribution in [1.82, 2.24) is 0 Å². The van der Waals surface area contributed by atoms with Gasteiger partial charge in [-0.1, -0.05) is 72.8 Å². The molecule has 0 spiro atoms. The van der Waals surface area contributed by atoms with Crippen LogP contribution < -0.4 is 0 Å². The van der Waals surface area contributed by atoms with Crippen molar-refractivity contribution >= 4 is 16.5 Å². The van der Waals surface area contributed by atoms with Crippen LogP contribution >= 0.6 is 0 Å². The topological polar surface area (TPSA) is 12.4 Å². The number of hydrogen-bond donors (Lipinski definition) is 0. The summed E-state index contributed by atoms with van der Waals surface area (Å²) in [7, 11) is 0. The summed E-state index contributed by atoms with van der Waals surface area (Å²) in [5.74, 6) is 0. The van der Waals surface area contributed by atoms with E-state index in [9.17, 15) is 0 Å². The lowest BCUT2D eigenvalue weighted by atomic mass is 10.0. The first-order valence-corrected chi connectivity index (χ1v) is 7.33. The number of aliphatic imine (C=N–C) groups is 1. The Morgan fingerprint density at radius 2 is 1.48 bits per heavy atom. The molecule has 0 aliphatic heterocycles. The van der Waals surface area contributed by atoms with Crippen LogP contribution in [0.3, 0.4) is 0 Å². The summed E-state index contributed by atoms with van der Waals surface area (Å²) in [6.45, 7) is 4.24. The minimum absolute atomic E-state index is 0.171. The van der Waals surface area contributed by atoms with Crippen LogP contribution in [0, 0.1) is 0 Å². The van der Waals surface area contributed by atoms with Gasteiger partial charge in [0.2, 0.25) is 0 Å². The largest absolute Gasteiger partial charge is 0.282 e. The molecule has 3 rings (SSSR count). The second kappa shape index (κ2) is 5.92. The van der Waals surface area contributed by atoms with Gasteiger partial charge >= 0.3 is 0 Å². The van der Waals surface area contributed by atoms with E-state index in [0.29, 0.717) is 0 Å². The number of hydrogen-bond acceptors (Lipinski definition) is 1. The van der Waals surface area contributed by atoms with E-state index in [-0.39, 0.29) is 6.04 Å². The number of benzene rings is 3. The fraction of sp³-hybridized carbons (Fsp3) is 0.150. The molecule has 0 heterocycles. The minimum Gasteiger partial charge on any atom is -0.282 e. The molecule has 0 aliphatic carbocycles. The highest BCUT2D eigenvalue weighted by Gasteiger charge is 2.07. The van der Waals surface area contributed by atoms with E-state index in [1.807, 2.05) is 6.07 Å². The van der Waals surface area contributed by atoms with E-state index in [1.165, 1.54) is 21.9 Å². The third-order valence-corrected chi connectivity index (χ3v) is 3.85. The van der Waals surface area contributed by atoms with E-state index >= 15 is 0 Å². The molecule has 0 unspecified atom stereocenters. The van der Waals surface area contributed by atoms with E-state index in [4.69, 9.17) is 4.99 Å². The molecule has 0 aliphatic rings. The smallest absolute Gasteiger partial charge is 0.0724 e. The molecule has 3 aromatic rings. The predicted molar refractivity (Wildman–Crippen MR) is 91.0 cm³/mol. The van der Waals surface area contributed by atoms with Gasteiger partial charge in [0.05, 0.1) is 6.04 Å². The van der Waals surface area contributed by atoms with Gasteiger partial charge in [0.1, 0.15) is 0 Å². The van der Waals surface area contributed by atoms with Crippen LogP contribution in [0.5, 0.6) is 0 Å². The maximum atomic E-state index is 4.88. The van der Waals surface area contributed by atoms with E-state index in [2.05, 4.69) is 80.6 Å². The third kappa shape index (κ3) is 2.87. The van der Waals surface area contributed by atoms with Crippen LogP contribution in [0.25, 0.3) is 10.8 Å². The standard InChI is InChI=1S/C20H19N/c1-15(17-9-4-3-5-10-17)21-16(2)19-14-8-12-18-11-6-7-13-20(18)19/h3-15H,1-2H3/t15-/m0/s1. The summed E-state index contributed by atoms with van der Waals surface area (Å²) >= 11 is 0. The molecule has 0 fully saturated rings. The van der Waals surface area contributed by atoms with Gasteiger partial charge in [0.15, 0.2) is 0 Å². The van der Waals surface area contributed by atoms with Gasteiger partial charge in [-0.15, -0.1) is 0 Å². The van der Waals surface area contributed by atoms with Crippen LogP contribution in [-0.4, -0.2) is 5.71 Å². The predicted octanol–water partition coefficient (Wildman–Crippen LogP) is 5.41. The Hall–Kier alpha value is -2.41. The first-order valence-electron chi connectivity index (χ1n) is 7.33. The molecule has 1 atom stereocenters. The molecule has 0 saturated heterocycles. The lowest BCUT2D eigenvalue weighted by molar-refractivity contribution is 0.820. The van der Waals surface area contributed by atoms with Gasteiger partial charge in [-0.25, -0.2) is 0 Å². The fourth-order valence-electron chi connectivity index (χ4n) is 2.71. The van der Waals surface area contributed by atoms with Crippen LogP contribution in [0.15, 0.2) is 77.8 Å². The van der Waals surface area contributed by atoms with Crippen LogP contribution in [0.1, 0.15) is 31.0 Å². The number of rotatable bonds is 3. The van der Waals surface area contributed by atoms with Crippen molar-refractivity contribution in [3.8, 4) is 0 Å². The van der Waals surface area contributed by atoms with E-state index in [0.717, 1.165) is 5.71 Å². The SMILES string of the molecule is CC(=N[C@@H](C)c1ccccc1)c1cccc2ccccc12. The Kier molecular flexibility index (Phi) is 3.83. The summed E-state index contributed by atoms with van der Waals surface area (Å²) in [6, 6.07) is 25.5. The second-order valence-electron chi connectivity index (χ2n) is 5.33. The van der Waals surface area contributed by atoms with Gasteiger partial charge < -0.3 is 0 Å². The van der Waals surface area contributed by atoms with Crippen molar-refractivity contribution < 1.29 is 0 Å². The summed E-state index contributed by atoms with van der Waals surface area (Å²) < 4.78 is 0. The second-order valence-corrected chi connectivity index (χ2v) is 5.33. The van der Waals surface area contributed by atoms with Crippen molar-refractivity contribution in [2.24, 2.45) is 4.99 Å². The first-order chi connectivity index (χ1) is 10.3. The van der Waals surface area contributed by atoms with E-state index < -0.39 is 0 Å². The normalized spacial score (nSPS) is 13.3. The molecule has 0 N–H and O–H groups in total. The molecule has 3 aromatic carbocycles. The van der Waals surface area contributed by atoms with Gasteiger partial charge in [-0.05, 0) is 30.2 Å². The highest BCUT2D eigenvalue weighted by molar-refractivity contribution is 6.09. The Morgan fingerprint density at radius 3 is 2.29 bits per heavy atom. The van der Waals surface area contributed by atoms with Gasteiger partial charge in [-0.3, -0.25) is 4.99 Å². The molecular formula is C20H19N. The minimum atomic E-state index is 0.171. The lowest BCUT2D eigenvalue weighted by Gasteiger charge is -2.11. The molecule has 104 valence electrons. The Labute approximate surface area is 126 Å². The molecule has 0 amide bonds. The van der Waals surface area contributed by atoms with Crippen molar-refractivity contribution in [3.05, 3.63) is 83.9 Å². The average Bonchev–Trinajstić information content (AvgIpc) is 2.55. The highest BCUT2D eigenvalue weighted by atomic mass is 14.8. The van der Waals surface area contributed by atoms with Crippen LogP contribution in [0.2, 0.25) is 0 Å². The highest BCUT2D eigenvalue weighted by Crippen LogP contribution is 2.22. The molecular weight excluding hydrogens is 254 g/mol. The van der Waals surface area contributed by atoms with Gasteiger partial charge in [0.25, 0.3) is 0 Å². The molecule has 1 heteroatoms. The maximum Gasteiger partial charge on any atom is 0.0724 e. The van der Waals surface area contributed by atoms with Gasteiger partial charge in [0, 0.05) is 11.3 Å². The molecule has 0 bridgehead atoms. The molecule has 0 saturated carbocycles. The zero-order chi connectivity index (χ0) is 14.7. The van der Waals surface area contributed by atoms with Crippen LogP contribution in [-0.2, 0) is 0 Å². The zero-order valence-corrected chi connectivity index (χ0v) is 12.5. The van der Waals surface area contributed by atoms with Crippen molar-refractivity contribution in [2.45, 2.75) is 19.9 Å². The van der Waals surface area contributed by atoms with Crippen molar-refractivity contribution in [2.75, 3.05) is 0 Å². The Balaban J connectivity index is 2.00. The van der Waals surface area contributed by atoms with E-state index in [1.54, 1.807) is 0 Å². The van der Waals surface area contributed by atoms with Crippen molar-refractivity contribution in [3.63, 3.8) is 0 Å². The Morgan fingerprint density at radius 1 is 0.810 bits per heavy atom. The monoisotopic (exact) mass is 273 g/mol. The third-order valence-electron chi connectivity index (χ3n) is 3.85. The zero-order valence-electron chi connectivity index (χ0n) is 12.5. The van der Waals surface area contributed by atoms with Crippen LogP contribution in [0.4, 0.5) is 0 Å². The average molecular weight is 273 g/mol. The lowest BCUT2D eigenvalue weighted by Crippen LogP contribution is -2.00. The molecule has 21 heavy (non-hydrogen) atoms. The summed E-state index contributed by atoms with van der Waals surface area (Å²) in [5.41, 5.74) is 3.55. The summed E-state index contributed by atoms with van der Waals surface area (Å²) in [4.78, 5) is 4.88. The van der Waals surface area contributed by atoms with Crippen molar-refractivity contribution in [1.29, 1.82) is 0 Å². The molecule has 0 aromatic heterocycles. The Bertz CT molecular complexity index is 767. The first kappa shape index (κ1) is 13.6. The fourth-order valence-corrected chi connectivity index (χ4v) is 2.71. The summed E-state index contributed by atoms with van der Waals surface area (Å²) in [5, 5.41) is 2.53.